The number of benzene rings is 1. The van der Waals surface area contributed by atoms with Crippen molar-refractivity contribution in [2.75, 3.05) is 23.3 Å². The van der Waals surface area contributed by atoms with Crippen molar-refractivity contribution in [3.8, 4) is 0 Å². The lowest BCUT2D eigenvalue weighted by Gasteiger charge is -2.33. The molecule has 2 aromatic carbocycles. The molecule has 2 N–H and O–H groups in total. The van der Waals surface area contributed by atoms with Crippen LogP contribution >= 0.6 is 0 Å². The van der Waals surface area contributed by atoms with E-state index in [0.29, 0.717) is 35.4 Å². The summed E-state index contributed by atoms with van der Waals surface area (Å²) in [7, 11) is 0. The molecule has 1 aliphatic carbocycles. The Kier molecular flexibility index (Phi) is 5.69. The number of amides is 1. The topological polar surface area (TPSA) is 78.5 Å². The van der Waals surface area contributed by atoms with Gasteiger partial charge in [-0.25, -0.2) is 0 Å². The van der Waals surface area contributed by atoms with Gasteiger partial charge < -0.3 is 15.5 Å². The molecule has 1 aliphatic heterocycles. The summed E-state index contributed by atoms with van der Waals surface area (Å²) < 4.78 is 0. The summed E-state index contributed by atoms with van der Waals surface area (Å²) in [5.41, 5.74) is 1.81. The highest BCUT2D eigenvalue weighted by Crippen LogP contribution is 2.26. The van der Waals surface area contributed by atoms with Gasteiger partial charge in [0.25, 0.3) is 16.8 Å². The van der Waals surface area contributed by atoms with Crippen LogP contribution in [0.2, 0.25) is 0 Å². The Balaban J connectivity index is 1.36. The van der Waals surface area contributed by atoms with E-state index in [1.54, 1.807) is 0 Å². The summed E-state index contributed by atoms with van der Waals surface area (Å²) in [4.78, 5) is 38.5. The first kappa shape index (κ1) is 19.7. The average Bonchev–Trinajstić information content (AvgIpc) is 3.25. The maximum Gasteiger partial charge on any atom is 0.253 e. The quantitative estimate of drug-likeness (QED) is 0.736. The number of nitrogens with zero attached hydrogens (tertiary/aromatic N) is 1. The van der Waals surface area contributed by atoms with E-state index < -0.39 is 5.43 Å². The molecule has 29 heavy (non-hydrogen) atoms. The van der Waals surface area contributed by atoms with Gasteiger partial charge in [-0.15, -0.1) is 0 Å². The minimum atomic E-state index is -0.425. The highest BCUT2D eigenvalue weighted by molar-refractivity contribution is 5.94. The van der Waals surface area contributed by atoms with Crippen LogP contribution in [0.5, 0.6) is 0 Å². The third kappa shape index (κ3) is 4.21. The van der Waals surface area contributed by atoms with Crippen LogP contribution in [0.1, 0.15) is 61.4 Å². The fourth-order valence-electron chi connectivity index (χ4n) is 4.38. The summed E-state index contributed by atoms with van der Waals surface area (Å²) in [6, 6.07) is 7.72. The highest BCUT2D eigenvalue weighted by Gasteiger charge is 2.28. The van der Waals surface area contributed by atoms with E-state index in [1.165, 1.54) is 12.8 Å². The molecule has 0 spiro atoms. The van der Waals surface area contributed by atoms with E-state index in [9.17, 15) is 14.4 Å². The second-order valence-electron chi connectivity index (χ2n) is 8.56. The molecule has 6 nitrogen and oxygen atoms in total. The number of nitrogens with one attached hydrogen (secondary N) is 2. The van der Waals surface area contributed by atoms with Crippen LogP contribution in [-0.2, 0) is 6.54 Å². The Morgan fingerprint density at radius 1 is 1.00 bits per heavy atom. The zero-order chi connectivity index (χ0) is 20.4. The molecule has 0 unspecified atom stereocenters. The van der Waals surface area contributed by atoms with E-state index >= 15 is 0 Å². The van der Waals surface area contributed by atoms with Crippen LogP contribution in [0.4, 0.5) is 11.4 Å². The Hall–Kier alpha value is -2.63. The lowest BCUT2D eigenvalue weighted by atomic mass is 9.98. The van der Waals surface area contributed by atoms with Gasteiger partial charge in [0.15, 0.2) is 0 Å². The second kappa shape index (κ2) is 8.39. The molecule has 1 saturated carbocycles. The first-order chi connectivity index (χ1) is 14.0. The van der Waals surface area contributed by atoms with Gasteiger partial charge in [-0.1, -0.05) is 31.9 Å². The summed E-state index contributed by atoms with van der Waals surface area (Å²) in [5.74, 6) is 0.638. The molecule has 1 saturated heterocycles. The van der Waals surface area contributed by atoms with Gasteiger partial charge in [-0.2, -0.15) is 0 Å². The van der Waals surface area contributed by atoms with E-state index in [0.717, 1.165) is 44.3 Å². The van der Waals surface area contributed by atoms with E-state index in [2.05, 4.69) is 17.6 Å². The molecule has 0 bridgehead atoms. The lowest BCUT2D eigenvalue weighted by Crippen LogP contribution is -2.45. The molecule has 1 heterocycles. The number of rotatable bonds is 6. The number of carbonyl (C=O) groups is 1. The molecule has 4 rings (SSSR count). The zero-order valence-electron chi connectivity index (χ0n) is 17.0. The van der Waals surface area contributed by atoms with Crippen molar-refractivity contribution >= 4 is 17.3 Å². The van der Waals surface area contributed by atoms with Crippen molar-refractivity contribution in [2.45, 2.75) is 58.0 Å². The van der Waals surface area contributed by atoms with Gasteiger partial charge in [0.05, 0.1) is 0 Å². The fourth-order valence-corrected chi connectivity index (χ4v) is 4.38. The van der Waals surface area contributed by atoms with Gasteiger partial charge in [0.2, 0.25) is 0 Å². The van der Waals surface area contributed by atoms with Crippen LogP contribution in [0.15, 0.2) is 33.9 Å². The summed E-state index contributed by atoms with van der Waals surface area (Å²) in [6.07, 6.45) is 6.59. The molecule has 0 radical (unpaired) electrons. The average molecular weight is 396 g/mol. The number of hydrogen-bond acceptors (Lipinski definition) is 5. The Morgan fingerprint density at radius 2 is 1.66 bits per heavy atom. The summed E-state index contributed by atoms with van der Waals surface area (Å²) in [6.45, 7) is 4.32. The van der Waals surface area contributed by atoms with Gasteiger partial charge >= 0.3 is 0 Å². The van der Waals surface area contributed by atoms with Crippen molar-refractivity contribution in [3.05, 3.63) is 55.8 Å². The van der Waals surface area contributed by atoms with Gasteiger partial charge in [0, 0.05) is 31.2 Å². The van der Waals surface area contributed by atoms with Crippen LogP contribution in [0.3, 0.4) is 0 Å². The second-order valence-corrected chi connectivity index (χ2v) is 8.56. The SMILES string of the molecule is CC1CCN(c2c(NCc3ccc(C(=O)NC4CCCC4)cc3)c(=O)c2=O)CC1. The Bertz CT molecular complexity index is 929. The van der Waals surface area contributed by atoms with Crippen LogP contribution < -0.4 is 26.4 Å². The Morgan fingerprint density at radius 3 is 2.31 bits per heavy atom. The van der Waals surface area contributed by atoms with Crippen LogP contribution in [-0.4, -0.2) is 25.0 Å². The minimum Gasteiger partial charge on any atom is -0.376 e. The standard InChI is InChI=1S/C23H29N3O3/c1-15-10-12-26(13-11-15)20-19(21(27)22(20)28)24-14-16-6-8-17(9-7-16)23(29)25-18-4-2-3-5-18/h6-9,15,18,24H,2-5,10-14H2,1H3,(H,25,29). The number of carbonyl (C=O) groups excluding carboxylic acids is 1. The molecule has 2 fully saturated rings. The lowest BCUT2D eigenvalue weighted by molar-refractivity contribution is 0.0938. The van der Waals surface area contributed by atoms with Crippen molar-refractivity contribution in [1.29, 1.82) is 0 Å². The molecule has 0 aromatic heterocycles. The normalized spacial score (nSPS) is 18.3. The van der Waals surface area contributed by atoms with Crippen molar-refractivity contribution in [1.82, 2.24) is 5.32 Å². The predicted molar refractivity (Wildman–Crippen MR) is 115 cm³/mol. The molecule has 0 atom stereocenters. The number of piperidine rings is 1. The maximum atomic E-state index is 12.3. The van der Waals surface area contributed by atoms with Crippen LogP contribution in [0, 0.1) is 5.92 Å². The van der Waals surface area contributed by atoms with Crippen LogP contribution in [0.25, 0.3) is 0 Å². The molecular formula is C23H29N3O3. The summed E-state index contributed by atoms with van der Waals surface area (Å²) >= 11 is 0. The summed E-state index contributed by atoms with van der Waals surface area (Å²) in [5, 5.41) is 6.24. The van der Waals surface area contributed by atoms with E-state index in [4.69, 9.17) is 0 Å². The predicted octanol–water partition coefficient (Wildman–Crippen LogP) is 2.80. The minimum absolute atomic E-state index is 0.0273. The van der Waals surface area contributed by atoms with Gasteiger partial charge in [-0.3, -0.25) is 14.4 Å². The molecule has 6 heteroatoms. The third-order valence-electron chi connectivity index (χ3n) is 6.36. The number of hydrogen-bond donors (Lipinski definition) is 2. The molecule has 2 aromatic rings. The van der Waals surface area contributed by atoms with E-state index in [-0.39, 0.29) is 11.3 Å². The smallest absolute Gasteiger partial charge is 0.253 e. The van der Waals surface area contributed by atoms with Crippen molar-refractivity contribution in [2.24, 2.45) is 5.92 Å². The highest BCUT2D eigenvalue weighted by atomic mass is 16.2. The maximum absolute atomic E-state index is 12.3. The largest absolute Gasteiger partial charge is 0.376 e. The monoisotopic (exact) mass is 395 g/mol. The first-order valence-electron chi connectivity index (χ1n) is 10.7. The fraction of sp³-hybridized carbons (Fsp3) is 0.522. The molecule has 2 aliphatic rings. The molecule has 1 amide bonds. The number of anilines is 2. The van der Waals surface area contributed by atoms with Gasteiger partial charge in [0.1, 0.15) is 11.4 Å². The third-order valence-corrected chi connectivity index (χ3v) is 6.36. The van der Waals surface area contributed by atoms with E-state index in [1.807, 2.05) is 29.2 Å². The molecule has 154 valence electrons. The van der Waals surface area contributed by atoms with Crippen molar-refractivity contribution in [3.63, 3.8) is 0 Å². The first-order valence-corrected chi connectivity index (χ1v) is 10.7. The van der Waals surface area contributed by atoms with Gasteiger partial charge in [-0.05, 0) is 49.3 Å². The molecular weight excluding hydrogens is 366 g/mol. The Labute approximate surface area is 171 Å². The zero-order valence-corrected chi connectivity index (χ0v) is 17.0. The van der Waals surface area contributed by atoms with Crippen molar-refractivity contribution < 1.29 is 4.79 Å².